The van der Waals surface area contributed by atoms with Gasteiger partial charge in [-0.15, -0.1) is 0 Å². The molecule has 0 aromatic rings. The lowest BCUT2D eigenvalue weighted by Gasteiger charge is -2.28. The van der Waals surface area contributed by atoms with Crippen molar-refractivity contribution in [1.82, 2.24) is 5.32 Å². The average Bonchev–Trinajstić information content (AvgIpc) is 2.36. The summed E-state index contributed by atoms with van der Waals surface area (Å²) in [4.78, 5) is 11.3. The molecule has 0 atom stereocenters. The number of hydrogen-bond acceptors (Lipinski definition) is 2. The molecule has 106 valence electrons. The fourth-order valence-corrected chi connectivity index (χ4v) is 5.38. The van der Waals surface area contributed by atoms with Gasteiger partial charge >= 0.3 is 0 Å². The lowest BCUT2D eigenvalue weighted by Crippen LogP contribution is -2.36. The third-order valence-corrected chi connectivity index (χ3v) is 8.21. The first-order valence-corrected chi connectivity index (χ1v) is 9.62. The van der Waals surface area contributed by atoms with Crippen molar-refractivity contribution in [2.45, 2.75) is 58.7 Å². The van der Waals surface area contributed by atoms with Crippen LogP contribution >= 0.6 is 0 Å². The van der Waals surface area contributed by atoms with Crippen molar-refractivity contribution in [3.8, 4) is 0 Å². The molecule has 1 N–H and O–H groups in total. The van der Waals surface area contributed by atoms with Crippen molar-refractivity contribution in [3.63, 3.8) is 0 Å². The highest BCUT2D eigenvalue weighted by molar-refractivity contribution is 6.73. The zero-order valence-corrected chi connectivity index (χ0v) is 13.5. The first-order chi connectivity index (χ1) is 8.51. The molecule has 0 fully saturated rings. The normalized spacial score (nSPS) is 11.3. The molecule has 0 aromatic carbocycles. The second-order valence-corrected chi connectivity index (χ2v) is 9.39. The van der Waals surface area contributed by atoms with E-state index in [9.17, 15) is 4.79 Å². The largest absolute Gasteiger partial charge is 0.417 e. The number of unbranched alkanes of at least 4 members (excludes halogenated alkanes) is 1. The predicted molar refractivity (Wildman–Crippen MR) is 80.2 cm³/mol. The van der Waals surface area contributed by atoms with E-state index in [4.69, 9.17) is 4.43 Å². The van der Waals surface area contributed by atoms with Gasteiger partial charge in [0, 0.05) is 18.7 Å². The van der Waals surface area contributed by atoms with Gasteiger partial charge in [-0.05, 0) is 38.4 Å². The molecule has 1 amide bonds. The Morgan fingerprint density at radius 3 is 2.28 bits per heavy atom. The van der Waals surface area contributed by atoms with Gasteiger partial charge in [0.25, 0.3) is 0 Å². The molecule has 0 bridgehead atoms. The molecule has 0 spiro atoms. The van der Waals surface area contributed by atoms with Crippen LogP contribution in [0.4, 0.5) is 0 Å². The molecule has 0 rings (SSSR count). The molecule has 0 saturated carbocycles. The molecule has 0 aliphatic carbocycles. The van der Waals surface area contributed by atoms with Gasteiger partial charge < -0.3 is 9.74 Å². The van der Waals surface area contributed by atoms with E-state index < -0.39 is 8.32 Å². The zero-order chi connectivity index (χ0) is 14.0. The third kappa shape index (κ3) is 6.35. The monoisotopic (exact) mass is 271 g/mol. The average molecular weight is 271 g/mol. The van der Waals surface area contributed by atoms with Crippen molar-refractivity contribution in [2.75, 3.05) is 13.2 Å². The van der Waals surface area contributed by atoms with Crippen molar-refractivity contribution < 1.29 is 9.22 Å². The number of nitrogens with one attached hydrogen (secondary N) is 1. The summed E-state index contributed by atoms with van der Waals surface area (Å²) in [7, 11) is -1.47. The molecule has 0 heterocycles. The summed E-state index contributed by atoms with van der Waals surface area (Å²) in [5.41, 5.74) is 0.579. The van der Waals surface area contributed by atoms with Crippen LogP contribution in [0.1, 0.15) is 40.5 Å². The van der Waals surface area contributed by atoms with Crippen molar-refractivity contribution in [3.05, 3.63) is 12.2 Å². The Bertz CT molecular complexity index is 263. The summed E-state index contributed by atoms with van der Waals surface area (Å²) in [5.74, 6) is -0.0331. The Kier molecular flexibility index (Phi) is 9.02. The molecule has 0 aliphatic rings. The Morgan fingerprint density at radius 1 is 1.22 bits per heavy atom. The molecule has 4 heteroatoms. The van der Waals surface area contributed by atoms with Gasteiger partial charge in [-0.2, -0.15) is 0 Å². The van der Waals surface area contributed by atoms with Crippen LogP contribution in [0.5, 0.6) is 0 Å². The summed E-state index contributed by atoms with van der Waals surface area (Å²) < 4.78 is 6.03. The van der Waals surface area contributed by atoms with E-state index in [-0.39, 0.29) is 5.91 Å². The molecule has 18 heavy (non-hydrogen) atoms. The van der Waals surface area contributed by atoms with E-state index in [1.54, 1.807) is 6.92 Å². The maximum Gasteiger partial charge on any atom is 0.246 e. The molecule has 0 unspecified atom stereocenters. The van der Waals surface area contributed by atoms with E-state index in [1.807, 2.05) is 0 Å². The first-order valence-electron chi connectivity index (χ1n) is 7.09. The van der Waals surface area contributed by atoms with Crippen LogP contribution in [0.2, 0.25) is 18.1 Å². The number of amides is 1. The van der Waals surface area contributed by atoms with Gasteiger partial charge in [0.05, 0.1) is 0 Å². The van der Waals surface area contributed by atoms with Gasteiger partial charge in [-0.25, -0.2) is 0 Å². The molecule has 0 aliphatic heterocycles. The second kappa shape index (κ2) is 9.33. The van der Waals surface area contributed by atoms with Crippen LogP contribution in [-0.4, -0.2) is 27.4 Å². The Labute approximate surface area is 113 Å². The molecule has 0 aromatic heterocycles. The molecule has 0 saturated heterocycles. The van der Waals surface area contributed by atoms with E-state index >= 15 is 0 Å². The van der Waals surface area contributed by atoms with Crippen LogP contribution in [0, 0.1) is 0 Å². The van der Waals surface area contributed by atoms with Crippen LogP contribution in [0.3, 0.4) is 0 Å². The highest BCUT2D eigenvalue weighted by Gasteiger charge is 2.29. The van der Waals surface area contributed by atoms with Crippen LogP contribution in [0.25, 0.3) is 0 Å². The smallest absolute Gasteiger partial charge is 0.246 e. The Balaban J connectivity index is 3.87. The number of carbonyl (C=O) groups excluding carboxylic acids is 1. The highest BCUT2D eigenvalue weighted by atomic mass is 28.4. The standard InChI is InChI=1S/C14H29NO2Si/c1-6-17-18(7-2,8-3)12-10-9-11-15-14(16)13(4)5/h4,6-12H2,1-3,5H3,(H,15,16). The van der Waals surface area contributed by atoms with Crippen LogP contribution < -0.4 is 5.32 Å². The minimum absolute atomic E-state index is 0.0331. The van der Waals surface area contributed by atoms with Gasteiger partial charge in [0.1, 0.15) is 0 Å². The highest BCUT2D eigenvalue weighted by Crippen LogP contribution is 2.24. The van der Waals surface area contributed by atoms with E-state index in [1.165, 1.54) is 18.1 Å². The van der Waals surface area contributed by atoms with Crippen LogP contribution in [-0.2, 0) is 9.22 Å². The number of hydrogen-bond donors (Lipinski definition) is 1. The van der Waals surface area contributed by atoms with Gasteiger partial charge in [-0.3, -0.25) is 4.79 Å². The maximum atomic E-state index is 11.3. The predicted octanol–water partition coefficient (Wildman–Crippen LogP) is 3.48. The molecular formula is C14H29NO2Si. The summed E-state index contributed by atoms with van der Waals surface area (Å²) in [6, 6.07) is 3.59. The summed E-state index contributed by atoms with van der Waals surface area (Å²) in [6.45, 7) is 13.5. The number of rotatable bonds is 10. The lowest BCUT2D eigenvalue weighted by molar-refractivity contribution is -0.117. The molecular weight excluding hydrogens is 242 g/mol. The van der Waals surface area contributed by atoms with Crippen molar-refractivity contribution in [1.29, 1.82) is 0 Å². The molecule has 0 radical (unpaired) electrons. The topological polar surface area (TPSA) is 38.3 Å². The van der Waals surface area contributed by atoms with Gasteiger partial charge in [-0.1, -0.05) is 26.8 Å². The summed E-state index contributed by atoms with van der Waals surface area (Å²) in [5, 5.41) is 2.87. The fourth-order valence-electron chi connectivity index (χ4n) is 2.11. The summed E-state index contributed by atoms with van der Waals surface area (Å²) in [6.07, 6.45) is 2.17. The van der Waals surface area contributed by atoms with E-state index in [2.05, 4.69) is 32.7 Å². The SMILES string of the molecule is C=C(C)C(=O)NCCCC[Si](CC)(CC)OCC. The number of carbonyl (C=O) groups is 1. The Hall–Kier alpha value is -0.613. The van der Waals surface area contributed by atoms with Crippen LogP contribution in [0.15, 0.2) is 12.2 Å². The Morgan fingerprint density at radius 2 is 1.83 bits per heavy atom. The third-order valence-electron chi connectivity index (χ3n) is 3.47. The summed E-state index contributed by atoms with van der Waals surface area (Å²) >= 11 is 0. The minimum atomic E-state index is -1.47. The lowest BCUT2D eigenvalue weighted by atomic mass is 10.3. The fraction of sp³-hybridized carbons (Fsp3) is 0.786. The van der Waals surface area contributed by atoms with Crippen molar-refractivity contribution in [2.24, 2.45) is 0 Å². The molecule has 3 nitrogen and oxygen atoms in total. The zero-order valence-electron chi connectivity index (χ0n) is 12.5. The van der Waals surface area contributed by atoms with Crippen molar-refractivity contribution >= 4 is 14.2 Å². The van der Waals surface area contributed by atoms with E-state index in [0.717, 1.165) is 26.0 Å². The maximum absolute atomic E-state index is 11.3. The van der Waals surface area contributed by atoms with E-state index in [0.29, 0.717) is 5.57 Å². The van der Waals surface area contributed by atoms with Gasteiger partial charge in [0.2, 0.25) is 5.91 Å². The second-order valence-electron chi connectivity index (χ2n) is 4.82. The van der Waals surface area contributed by atoms with Gasteiger partial charge in [0.15, 0.2) is 8.32 Å². The quantitative estimate of drug-likeness (QED) is 0.375. The minimum Gasteiger partial charge on any atom is -0.417 e. The first kappa shape index (κ1) is 17.4.